The van der Waals surface area contributed by atoms with E-state index in [0.29, 0.717) is 0 Å². The summed E-state index contributed by atoms with van der Waals surface area (Å²) in [6.07, 6.45) is 5.25. The van der Waals surface area contributed by atoms with Crippen molar-refractivity contribution in [1.82, 2.24) is 10.4 Å². The van der Waals surface area contributed by atoms with Gasteiger partial charge >= 0.3 is 0 Å². The van der Waals surface area contributed by atoms with Crippen LogP contribution in [0.1, 0.15) is 35.9 Å². The molecule has 1 aromatic rings. The molecule has 1 fully saturated rings. The maximum absolute atomic E-state index is 3.52. The number of nitrogens with one attached hydrogen (secondary N) is 1. The van der Waals surface area contributed by atoms with Crippen LogP contribution >= 0.6 is 11.3 Å². The molecule has 0 atom stereocenters. The zero-order chi connectivity index (χ0) is 10.5. The highest BCUT2D eigenvalue weighted by molar-refractivity contribution is 7.11. The fourth-order valence-electron chi connectivity index (χ4n) is 1.95. The summed E-state index contributed by atoms with van der Waals surface area (Å²) < 4.78 is 0. The van der Waals surface area contributed by atoms with Crippen molar-refractivity contribution < 1.29 is 0 Å². The lowest BCUT2D eigenvalue weighted by Gasteiger charge is -2.26. The van der Waals surface area contributed by atoms with Gasteiger partial charge in [-0.05, 0) is 31.4 Å². The Bertz CT molecular complexity index is 290. The van der Waals surface area contributed by atoms with Gasteiger partial charge in [0.25, 0.3) is 0 Å². The fourth-order valence-corrected chi connectivity index (χ4v) is 2.84. The van der Waals surface area contributed by atoms with Crippen molar-refractivity contribution in [3.63, 3.8) is 0 Å². The third-order valence-corrected chi connectivity index (χ3v) is 4.13. The zero-order valence-electron chi connectivity index (χ0n) is 9.46. The van der Waals surface area contributed by atoms with Crippen LogP contribution in [-0.2, 0) is 13.0 Å². The molecule has 0 aromatic carbocycles. The van der Waals surface area contributed by atoms with Gasteiger partial charge in [-0.25, -0.2) is 10.4 Å². The Hall–Kier alpha value is -0.380. The van der Waals surface area contributed by atoms with E-state index in [0.717, 1.165) is 13.0 Å². The average molecular weight is 224 g/mol. The van der Waals surface area contributed by atoms with E-state index in [1.807, 2.05) is 11.3 Å². The first-order valence-corrected chi connectivity index (χ1v) is 6.76. The summed E-state index contributed by atoms with van der Waals surface area (Å²) >= 11 is 1.93. The lowest BCUT2D eigenvalue weighted by atomic mass is 10.2. The summed E-state index contributed by atoms with van der Waals surface area (Å²) in [4.78, 5) is 2.95. The molecule has 0 saturated carbocycles. The highest BCUT2D eigenvalue weighted by atomic mass is 32.1. The number of aryl methyl sites for hydroxylation is 1. The standard InChI is InChI=1S/C12H20N2S/c1-2-11-6-7-12(15-11)10-13-14-8-4-3-5-9-14/h6-7,13H,2-5,8-10H2,1H3. The van der Waals surface area contributed by atoms with Gasteiger partial charge in [0.2, 0.25) is 0 Å². The second-order valence-electron chi connectivity index (χ2n) is 4.10. The van der Waals surface area contributed by atoms with Crippen LogP contribution in [0.25, 0.3) is 0 Å². The number of rotatable bonds is 4. The van der Waals surface area contributed by atoms with Crippen LogP contribution < -0.4 is 5.43 Å². The Morgan fingerprint density at radius 1 is 1.20 bits per heavy atom. The van der Waals surface area contributed by atoms with E-state index in [1.165, 1.54) is 42.1 Å². The first kappa shape index (κ1) is 11.1. The van der Waals surface area contributed by atoms with E-state index in [-0.39, 0.29) is 0 Å². The molecular weight excluding hydrogens is 204 g/mol. The molecule has 0 bridgehead atoms. The van der Waals surface area contributed by atoms with E-state index in [1.54, 1.807) is 0 Å². The van der Waals surface area contributed by atoms with Gasteiger partial charge in [0.15, 0.2) is 0 Å². The minimum Gasteiger partial charge on any atom is -0.250 e. The van der Waals surface area contributed by atoms with Gasteiger partial charge in [0.05, 0.1) is 0 Å². The van der Waals surface area contributed by atoms with Gasteiger partial charge in [-0.15, -0.1) is 11.3 Å². The van der Waals surface area contributed by atoms with Gasteiger partial charge in [0.1, 0.15) is 0 Å². The molecule has 1 aromatic heterocycles. The van der Waals surface area contributed by atoms with Gasteiger partial charge in [-0.2, -0.15) is 0 Å². The summed E-state index contributed by atoms with van der Waals surface area (Å²) in [7, 11) is 0. The Kier molecular flexibility index (Phi) is 4.18. The fraction of sp³-hybridized carbons (Fsp3) is 0.667. The van der Waals surface area contributed by atoms with E-state index < -0.39 is 0 Å². The lowest BCUT2D eigenvalue weighted by molar-refractivity contribution is 0.152. The van der Waals surface area contributed by atoms with Crippen molar-refractivity contribution in [1.29, 1.82) is 0 Å². The number of hydrogen-bond donors (Lipinski definition) is 1. The maximum Gasteiger partial charge on any atom is 0.0447 e. The van der Waals surface area contributed by atoms with Crippen LogP contribution in [0.5, 0.6) is 0 Å². The molecule has 1 N–H and O–H groups in total. The molecule has 15 heavy (non-hydrogen) atoms. The second kappa shape index (κ2) is 5.64. The third kappa shape index (κ3) is 3.30. The van der Waals surface area contributed by atoms with Crippen LogP contribution in [0.15, 0.2) is 12.1 Å². The Balaban J connectivity index is 1.76. The summed E-state index contributed by atoms with van der Waals surface area (Å²) in [6, 6.07) is 4.50. The van der Waals surface area contributed by atoms with E-state index in [2.05, 4.69) is 29.5 Å². The van der Waals surface area contributed by atoms with Crippen molar-refractivity contribution in [2.24, 2.45) is 0 Å². The quantitative estimate of drug-likeness (QED) is 0.846. The highest BCUT2D eigenvalue weighted by Crippen LogP contribution is 2.17. The SMILES string of the molecule is CCc1ccc(CNN2CCCCC2)s1. The smallest absolute Gasteiger partial charge is 0.0447 e. The zero-order valence-corrected chi connectivity index (χ0v) is 10.3. The van der Waals surface area contributed by atoms with Crippen molar-refractivity contribution in [3.05, 3.63) is 21.9 Å². The van der Waals surface area contributed by atoms with Gasteiger partial charge in [0, 0.05) is 29.4 Å². The highest BCUT2D eigenvalue weighted by Gasteiger charge is 2.09. The molecule has 84 valence electrons. The van der Waals surface area contributed by atoms with Crippen molar-refractivity contribution in [2.45, 2.75) is 39.2 Å². The molecule has 1 aliphatic heterocycles. The largest absolute Gasteiger partial charge is 0.250 e. The van der Waals surface area contributed by atoms with Gasteiger partial charge in [-0.3, -0.25) is 0 Å². The summed E-state index contributed by atoms with van der Waals surface area (Å²) in [5.41, 5.74) is 3.52. The van der Waals surface area contributed by atoms with E-state index in [4.69, 9.17) is 0 Å². The maximum atomic E-state index is 3.52. The van der Waals surface area contributed by atoms with Gasteiger partial charge < -0.3 is 0 Å². The van der Waals surface area contributed by atoms with Crippen molar-refractivity contribution >= 4 is 11.3 Å². The Morgan fingerprint density at radius 3 is 2.60 bits per heavy atom. The first-order valence-electron chi connectivity index (χ1n) is 5.94. The molecule has 2 rings (SSSR count). The average Bonchev–Trinajstić information content (AvgIpc) is 2.76. The monoisotopic (exact) mass is 224 g/mol. The minimum atomic E-state index is 1.00. The molecule has 0 aliphatic carbocycles. The first-order chi connectivity index (χ1) is 7.38. The van der Waals surface area contributed by atoms with Crippen LogP contribution in [-0.4, -0.2) is 18.1 Å². The van der Waals surface area contributed by atoms with Crippen LogP contribution in [0.2, 0.25) is 0 Å². The molecule has 1 aliphatic rings. The summed E-state index contributed by atoms with van der Waals surface area (Å²) in [5.74, 6) is 0. The molecule has 2 nitrogen and oxygen atoms in total. The Labute approximate surface area is 96.3 Å². The molecule has 0 radical (unpaired) electrons. The van der Waals surface area contributed by atoms with Crippen LogP contribution in [0, 0.1) is 0 Å². The lowest BCUT2D eigenvalue weighted by Crippen LogP contribution is -2.40. The molecule has 0 amide bonds. The number of piperidine rings is 1. The molecule has 0 spiro atoms. The van der Waals surface area contributed by atoms with E-state index in [9.17, 15) is 0 Å². The number of nitrogens with zero attached hydrogens (tertiary/aromatic N) is 1. The predicted octanol–water partition coefficient (Wildman–Crippen LogP) is 2.80. The van der Waals surface area contributed by atoms with Crippen molar-refractivity contribution in [2.75, 3.05) is 13.1 Å². The summed E-state index contributed by atoms with van der Waals surface area (Å²) in [5, 5.41) is 2.37. The number of hydrogen-bond acceptors (Lipinski definition) is 3. The molecular formula is C12H20N2S. The molecule has 3 heteroatoms. The second-order valence-corrected chi connectivity index (χ2v) is 5.36. The number of thiophene rings is 1. The topological polar surface area (TPSA) is 15.3 Å². The summed E-state index contributed by atoms with van der Waals surface area (Å²) in [6.45, 7) is 5.65. The molecule has 2 heterocycles. The molecule has 0 unspecified atom stereocenters. The number of hydrazine groups is 1. The van der Waals surface area contributed by atoms with E-state index >= 15 is 0 Å². The van der Waals surface area contributed by atoms with Crippen LogP contribution in [0.4, 0.5) is 0 Å². The van der Waals surface area contributed by atoms with Crippen LogP contribution in [0.3, 0.4) is 0 Å². The predicted molar refractivity (Wildman–Crippen MR) is 66.0 cm³/mol. The minimum absolute atomic E-state index is 1.00. The normalized spacial score (nSPS) is 18.2. The van der Waals surface area contributed by atoms with Gasteiger partial charge in [-0.1, -0.05) is 13.3 Å². The molecule has 1 saturated heterocycles. The third-order valence-electron chi connectivity index (χ3n) is 2.90. The van der Waals surface area contributed by atoms with Crippen molar-refractivity contribution in [3.8, 4) is 0 Å². The Morgan fingerprint density at radius 2 is 1.93 bits per heavy atom.